The van der Waals surface area contributed by atoms with Gasteiger partial charge in [-0.1, -0.05) is 11.6 Å². The summed E-state index contributed by atoms with van der Waals surface area (Å²) in [5.41, 5.74) is 7.12. The zero-order valence-corrected chi connectivity index (χ0v) is 17.5. The number of nitrogens with one attached hydrogen (secondary N) is 3. The van der Waals surface area contributed by atoms with E-state index in [1.807, 2.05) is 13.0 Å². The second-order valence-electron chi connectivity index (χ2n) is 7.20. The minimum atomic E-state index is -0.650. The van der Waals surface area contributed by atoms with Crippen LogP contribution in [0.4, 0.5) is 23.1 Å². The summed E-state index contributed by atoms with van der Waals surface area (Å²) in [7, 11) is 0. The lowest BCUT2D eigenvalue weighted by atomic mass is 10.2. The zero-order chi connectivity index (χ0) is 22.0. The number of primary amides is 1. The Balaban J connectivity index is 1.68. The molecule has 0 radical (unpaired) electrons. The maximum atomic E-state index is 13.2. The van der Waals surface area contributed by atoms with Crippen molar-refractivity contribution in [3.8, 4) is 0 Å². The molecule has 4 rings (SSSR count). The summed E-state index contributed by atoms with van der Waals surface area (Å²) < 4.78 is 0. The van der Waals surface area contributed by atoms with E-state index in [9.17, 15) is 9.59 Å². The molecule has 0 bridgehead atoms. The molecule has 0 saturated carbocycles. The standard InChI is InChI=1S/C20H21ClN8O2/c1-11-9-15(28-27-11)25-16-10-23-17(20(31)29-8-2-3-14(29)18(22)30)19(26-16)24-13-6-4-12(21)5-7-13/h4-7,9-10,14H,2-3,8H2,1H3,(H2,22,30)(H3,24,25,26,27,28)/t14-/m0/s1. The molecule has 160 valence electrons. The number of carbonyl (C=O) groups is 2. The SMILES string of the molecule is Cc1cc(Nc2cnc(C(=O)N3CCC[C@H]3C(N)=O)c(Nc3ccc(Cl)cc3)n2)n[nH]1. The third kappa shape index (κ3) is 4.58. The third-order valence-electron chi connectivity index (χ3n) is 4.89. The molecule has 3 heterocycles. The molecule has 1 aliphatic heterocycles. The monoisotopic (exact) mass is 440 g/mol. The summed E-state index contributed by atoms with van der Waals surface area (Å²) in [6.45, 7) is 2.31. The van der Waals surface area contributed by atoms with E-state index in [2.05, 4.69) is 30.8 Å². The molecule has 1 aliphatic rings. The van der Waals surface area contributed by atoms with Crippen LogP contribution >= 0.6 is 11.6 Å². The van der Waals surface area contributed by atoms with Crippen molar-refractivity contribution in [2.45, 2.75) is 25.8 Å². The van der Waals surface area contributed by atoms with Crippen molar-refractivity contribution in [3.63, 3.8) is 0 Å². The number of benzene rings is 1. The van der Waals surface area contributed by atoms with Crippen molar-refractivity contribution in [1.82, 2.24) is 25.1 Å². The highest BCUT2D eigenvalue weighted by molar-refractivity contribution is 6.30. The van der Waals surface area contributed by atoms with Gasteiger partial charge in [-0.15, -0.1) is 0 Å². The number of anilines is 4. The first-order valence-electron chi connectivity index (χ1n) is 9.69. The second kappa shape index (κ2) is 8.60. The van der Waals surface area contributed by atoms with Gasteiger partial charge in [0, 0.05) is 29.0 Å². The largest absolute Gasteiger partial charge is 0.368 e. The lowest BCUT2D eigenvalue weighted by Crippen LogP contribution is -2.44. The van der Waals surface area contributed by atoms with Crippen LogP contribution in [0.2, 0.25) is 5.02 Å². The summed E-state index contributed by atoms with van der Waals surface area (Å²) in [5, 5.41) is 13.7. The Morgan fingerprint density at radius 2 is 2.00 bits per heavy atom. The van der Waals surface area contributed by atoms with Crippen molar-refractivity contribution < 1.29 is 9.59 Å². The summed E-state index contributed by atoms with van der Waals surface area (Å²) in [4.78, 5) is 35.3. The molecule has 0 unspecified atom stereocenters. The van der Waals surface area contributed by atoms with Gasteiger partial charge in [-0.25, -0.2) is 9.97 Å². The van der Waals surface area contributed by atoms with E-state index in [4.69, 9.17) is 17.3 Å². The quantitative estimate of drug-likeness (QED) is 0.461. The summed E-state index contributed by atoms with van der Waals surface area (Å²) in [5.74, 6) is 0.259. The van der Waals surface area contributed by atoms with Crippen LogP contribution in [0.5, 0.6) is 0 Å². The topological polar surface area (TPSA) is 142 Å². The number of rotatable bonds is 6. The number of hydrogen-bond donors (Lipinski definition) is 4. The highest BCUT2D eigenvalue weighted by atomic mass is 35.5. The maximum absolute atomic E-state index is 13.2. The minimum absolute atomic E-state index is 0.0897. The molecule has 0 aliphatic carbocycles. The van der Waals surface area contributed by atoms with Crippen LogP contribution in [0.25, 0.3) is 0 Å². The molecule has 3 aromatic rings. The number of nitrogens with two attached hydrogens (primary N) is 1. The van der Waals surface area contributed by atoms with Gasteiger partial charge >= 0.3 is 0 Å². The van der Waals surface area contributed by atoms with Crippen molar-refractivity contribution in [3.05, 3.63) is 52.9 Å². The number of carbonyl (C=O) groups excluding carboxylic acids is 2. The Bertz CT molecular complexity index is 1110. The molecule has 5 N–H and O–H groups in total. The summed E-state index contributed by atoms with van der Waals surface area (Å²) in [6.07, 6.45) is 2.68. The molecular formula is C20H21ClN8O2. The van der Waals surface area contributed by atoms with Gasteiger partial charge < -0.3 is 21.3 Å². The predicted octanol–water partition coefficient (Wildman–Crippen LogP) is 2.74. The van der Waals surface area contributed by atoms with Gasteiger partial charge in [0.05, 0.1) is 6.20 Å². The first-order valence-corrected chi connectivity index (χ1v) is 10.1. The highest BCUT2D eigenvalue weighted by Crippen LogP contribution is 2.26. The van der Waals surface area contributed by atoms with Crippen LogP contribution in [0.1, 0.15) is 29.0 Å². The van der Waals surface area contributed by atoms with Gasteiger partial charge in [-0.3, -0.25) is 14.7 Å². The molecule has 10 nitrogen and oxygen atoms in total. The van der Waals surface area contributed by atoms with Crippen LogP contribution in [-0.4, -0.2) is 49.5 Å². The Labute approximate surface area is 183 Å². The van der Waals surface area contributed by atoms with Crippen molar-refractivity contribution in [1.29, 1.82) is 0 Å². The van der Waals surface area contributed by atoms with E-state index < -0.39 is 17.9 Å². The minimum Gasteiger partial charge on any atom is -0.368 e. The Morgan fingerprint density at radius 3 is 2.68 bits per heavy atom. The highest BCUT2D eigenvalue weighted by Gasteiger charge is 2.35. The number of nitrogens with zero attached hydrogens (tertiary/aromatic N) is 4. The van der Waals surface area contributed by atoms with E-state index >= 15 is 0 Å². The molecule has 1 saturated heterocycles. The summed E-state index contributed by atoms with van der Waals surface area (Å²) in [6, 6.07) is 8.13. The van der Waals surface area contributed by atoms with Crippen molar-refractivity contribution in [2.75, 3.05) is 17.2 Å². The van der Waals surface area contributed by atoms with Gasteiger partial charge in [0.1, 0.15) is 6.04 Å². The number of aryl methyl sites for hydroxylation is 1. The number of aromatic amines is 1. The van der Waals surface area contributed by atoms with E-state index in [0.29, 0.717) is 41.7 Å². The molecule has 31 heavy (non-hydrogen) atoms. The van der Waals surface area contributed by atoms with Crippen LogP contribution in [0.15, 0.2) is 36.5 Å². The van der Waals surface area contributed by atoms with Crippen LogP contribution in [-0.2, 0) is 4.79 Å². The number of hydrogen-bond acceptors (Lipinski definition) is 7. The van der Waals surface area contributed by atoms with Gasteiger partial charge in [0.15, 0.2) is 23.1 Å². The normalized spacial score (nSPS) is 15.7. The first kappa shape index (κ1) is 20.6. The molecule has 1 fully saturated rings. The molecule has 1 aromatic carbocycles. The Hall–Kier alpha value is -3.66. The number of aromatic nitrogens is 4. The number of halogens is 1. The number of likely N-dealkylation sites (tertiary alicyclic amines) is 1. The van der Waals surface area contributed by atoms with Gasteiger partial charge in [0.25, 0.3) is 5.91 Å². The molecule has 0 spiro atoms. The molecular weight excluding hydrogens is 420 g/mol. The van der Waals surface area contributed by atoms with Gasteiger partial charge in [-0.2, -0.15) is 5.10 Å². The zero-order valence-electron chi connectivity index (χ0n) is 16.7. The summed E-state index contributed by atoms with van der Waals surface area (Å²) >= 11 is 5.97. The fourth-order valence-corrected chi connectivity index (χ4v) is 3.54. The van der Waals surface area contributed by atoms with Gasteiger partial charge in [-0.05, 0) is 44.0 Å². The number of H-pyrrole nitrogens is 1. The smallest absolute Gasteiger partial charge is 0.276 e. The fourth-order valence-electron chi connectivity index (χ4n) is 3.42. The lowest BCUT2D eigenvalue weighted by molar-refractivity contribution is -0.121. The van der Waals surface area contributed by atoms with E-state index in [1.54, 1.807) is 24.3 Å². The number of amides is 2. The molecule has 2 aromatic heterocycles. The first-order chi connectivity index (χ1) is 14.9. The fraction of sp³-hybridized carbons (Fsp3) is 0.250. The van der Waals surface area contributed by atoms with Crippen LogP contribution < -0.4 is 16.4 Å². The van der Waals surface area contributed by atoms with Crippen LogP contribution in [0.3, 0.4) is 0 Å². The predicted molar refractivity (Wildman–Crippen MR) is 117 cm³/mol. The van der Waals surface area contributed by atoms with E-state index in [0.717, 1.165) is 5.69 Å². The average Bonchev–Trinajstić information content (AvgIpc) is 3.39. The molecule has 1 atom stereocenters. The Morgan fingerprint density at radius 1 is 1.23 bits per heavy atom. The molecule has 11 heteroatoms. The second-order valence-corrected chi connectivity index (χ2v) is 7.64. The van der Waals surface area contributed by atoms with Crippen LogP contribution in [0, 0.1) is 6.92 Å². The van der Waals surface area contributed by atoms with Crippen molar-refractivity contribution in [2.24, 2.45) is 5.73 Å². The Kier molecular flexibility index (Phi) is 5.72. The average molecular weight is 441 g/mol. The third-order valence-corrected chi connectivity index (χ3v) is 5.14. The van der Waals surface area contributed by atoms with Gasteiger partial charge in [0.2, 0.25) is 5.91 Å². The lowest BCUT2D eigenvalue weighted by Gasteiger charge is -2.23. The van der Waals surface area contributed by atoms with E-state index in [1.165, 1.54) is 11.1 Å². The maximum Gasteiger partial charge on any atom is 0.276 e. The van der Waals surface area contributed by atoms with E-state index in [-0.39, 0.29) is 11.5 Å². The van der Waals surface area contributed by atoms with Crippen molar-refractivity contribution >= 4 is 46.6 Å². The molecule has 2 amide bonds.